The Morgan fingerprint density at radius 2 is 1.85 bits per heavy atom. The highest BCUT2D eigenvalue weighted by Crippen LogP contribution is 2.39. The molecule has 0 radical (unpaired) electrons. The molecule has 0 N–H and O–H groups in total. The van der Waals surface area contributed by atoms with Gasteiger partial charge in [-0.2, -0.15) is 5.10 Å². The Morgan fingerprint density at radius 3 is 2.67 bits per heavy atom. The number of aryl methyl sites for hydroxylation is 2. The molecule has 3 heterocycles. The first kappa shape index (κ1) is 17.1. The normalized spacial score (nSPS) is 20.9. The van der Waals surface area contributed by atoms with Crippen LogP contribution in [0.15, 0.2) is 15.3 Å². The van der Waals surface area contributed by atoms with Crippen molar-refractivity contribution in [2.75, 3.05) is 32.7 Å². The van der Waals surface area contributed by atoms with Crippen molar-refractivity contribution in [1.29, 1.82) is 0 Å². The zero-order valence-electron chi connectivity index (χ0n) is 15.6. The minimum Gasteiger partial charge on any atom is -0.424 e. The van der Waals surface area contributed by atoms with E-state index in [2.05, 4.69) is 25.1 Å². The molecule has 27 heavy (non-hydrogen) atoms. The zero-order valence-corrected chi connectivity index (χ0v) is 15.6. The third kappa shape index (κ3) is 3.82. The minimum atomic E-state index is 0.0390. The van der Waals surface area contributed by atoms with Crippen molar-refractivity contribution in [3.05, 3.63) is 39.5 Å². The maximum absolute atomic E-state index is 12.2. The summed E-state index contributed by atoms with van der Waals surface area (Å²) in [5.74, 6) is 2.06. The van der Waals surface area contributed by atoms with Gasteiger partial charge in [-0.1, -0.05) is 0 Å². The maximum Gasteiger partial charge on any atom is 0.267 e. The molecule has 2 aromatic heterocycles. The average molecular weight is 370 g/mol. The molecular formula is C19H26N6O2. The molecule has 0 amide bonds. The van der Waals surface area contributed by atoms with Crippen LogP contribution in [0.1, 0.15) is 48.2 Å². The topological polar surface area (TPSA) is 80.3 Å². The van der Waals surface area contributed by atoms with Gasteiger partial charge in [0.15, 0.2) is 0 Å². The van der Waals surface area contributed by atoms with E-state index in [0.29, 0.717) is 12.5 Å². The smallest absolute Gasteiger partial charge is 0.267 e. The first-order valence-corrected chi connectivity index (χ1v) is 10.1. The van der Waals surface area contributed by atoms with Crippen LogP contribution in [0, 0.1) is 0 Å². The van der Waals surface area contributed by atoms with E-state index in [1.165, 1.54) is 12.8 Å². The van der Waals surface area contributed by atoms with Gasteiger partial charge in [0.2, 0.25) is 11.8 Å². The molecule has 144 valence electrons. The molecular weight excluding hydrogens is 344 g/mol. The first-order chi connectivity index (χ1) is 13.2. The Kier molecular flexibility index (Phi) is 4.53. The molecule has 3 aliphatic rings. The van der Waals surface area contributed by atoms with Crippen LogP contribution in [0.5, 0.6) is 0 Å². The number of hydrogen-bond acceptors (Lipinski definition) is 7. The van der Waals surface area contributed by atoms with Gasteiger partial charge in [0, 0.05) is 44.7 Å². The predicted octanol–water partition coefficient (Wildman–Crippen LogP) is 0.810. The van der Waals surface area contributed by atoms with Gasteiger partial charge in [0.05, 0.1) is 18.8 Å². The molecule has 2 fully saturated rings. The lowest BCUT2D eigenvalue weighted by Crippen LogP contribution is -2.47. The molecule has 8 heteroatoms. The van der Waals surface area contributed by atoms with E-state index in [-0.39, 0.29) is 5.56 Å². The van der Waals surface area contributed by atoms with Gasteiger partial charge in [-0.05, 0) is 37.7 Å². The summed E-state index contributed by atoms with van der Waals surface area (Å²) in [6, 6.07) is 1.79. The number of fused-ring (bicyclic) bond motifs is 1. The van der Waals surface area contributed by atoms with Crippen LogP contribution in [0.2, 0.25) is 0 Å². The minimum absolute atomic E-state index is 0.0390. The Labute approximate surface area is 158 Å². The SMILES string of the molecule is O=c1cc2c(nn1CCN1CCN(Cc3nnc(C4CC4)o3)CC1)CCC2. The molecule has 0 spiro atoms. The van der Waals surface area contributed by atoms with Crippen molar-refractivity contribution in [3.8, 4) is 0 Å². The van der Waals surface area contributed by atoms with Gasteiger partial charge in [-0.3, -0.25) is 14.6 Å². The van der Waals surface area contributed by atoms with Crippen molar-refractivity contribution >= 4 is 0 Å². The third-order valence-electron chi connectivity index (χ3n) is 5.88. The van der Waals surface area contributed by atoms with E-state index < -0.39 is 0 Å². The Balaban J connectivity index is 1.10. The Hall–Kier alpha value is -2.06. The summed E-state index contributed by atoms with van der Waals surface area (Å²) >= 11 is 0. The molecule has 1 aliphatic heterocycles. The quantitative estimate of drug-likeness (QED) is 0.744. The summed E-state index contributed by atoms with van der Waals surface area (Å²) in [5, 5.41) is 12.9. The molecule has 1 saturated heterocycles. The lowest BCUT2D eigenvalue weighted by atomic mass is 10.2. The molecule has 5 rings (SSSR count). The maximum atomic E-state index is 12.2. The van der Waals surface area contributed by atoms with E-state index in [1.807, 2.05) is 0 Å². The largest absolute Gasteiger partial charge is 0.424 e. The summed E-state index contributed by atoms with van der Waals surface area (Å²) < 4.78 is 7.42. The molecule has 0 bridgehead atoms. The van der Waals surface area contributed by atoms with E-state index in [9.17, 15) is 4.79 Å². The number of piperazine rings is 1. The molecule has 8 nitrogen and oxygen atoms in total. The number of hydrogen-bond donors (Lipinski definition) is 0. The number of rotatable bonds is 6. The predicted molar refractivity (Wildman–Crippen MR) is 98.5 cm³/mol. The summed E-state index contributed by atoms with van der Waals surface area (Å²) in [4.78, 5) is 17.0. The van der Waals surface area contributed by atoms with Crippen molar-refractivity contribution in [1.82, 2.24) is 29.8 Å². The van der Waals surface area contributed by atoms with Crippen LogP contribution in [-0.4, -0.2) is 62.5 Å². The summed E-state index contributed by atoms with van der Waals surface area (Å²) in [7, 11) is 0. The fourth-order valence-corrected chi connectivity index (χ4v) is 4.02. The van der Waals surface area contributed by atoms with Gasteiger partial charge in [0.25, 0.3) is 5.56 Å². The van der Waals surface area contributed by atoms with Crippen LogP contribution >= 0.6 is 0 Å². The van der Waals surface area contributed by atoms with E-state index in [1.54, 1.807) is 10.7 Å². The summed E-state index contributed by atoms with van der Waals surface area (Å²) in [6.45, 7) is 6.21. The van der Waals surface area contributed by atoms with Crippen LogP contribution in [0.25, 0.3) is 0 Å². The number of aromatic nitrogens is 4. The van der Waals surface area contributed by atoms with Gasteiger partial charge in [0.1, 0.15) is 0 Å². The molecule has 0 aromatic carbocycles. The van der Waals surface area contributed by atoms with Gasteiger partial charge >= 0.3 is 0 Å². The summed E-state index contributed by atoms with van der Waals surface area (Å²) in [5.41, 5.74) is 2.30. The highest BCUT2D eigenvalue weighted by atomic mass is 16.4. The number of nitrogens with zero attached hydrogens (tertiary/aromatic N) is 6. The second-order valence-corrected chi connectivity index (χ2v) is 7.96. The fourth-order valence-electron chi connectivity index (χ4n) is 4.02. The molecule has 1 saturated carbocycles. The van der Waals surface area contributed by atoms with Gasteiger partial charge < -0.3 is 4.42 Å². The van der Waals surface area contributed by atoms with Crippen LogP contribution in [-0.2, 0) is 25.9 Å². The standard InChI is InChI=1S/C19H26N6O2/c26-18-12-15-2-1-3-16(15)22-25(18)11-10-23-6-8-24(9-7-23)13-17-20-21-19(27-17)14-4-5-14/h12,14H,1-11,13H2. The Bertz CT molecular complexity index is 863. The molecule has 0 unspecified atom stereocenters. The monoisotopic (exact) mass is 370 g/mol. The van der Waals surface area contributed by atoms with Crippen molar-refractivity contribution in [2.45, 2.75) is 51.1 Å². The lowest BCUT2D eigenvalue weighted by Gasteiger charge is -2.33. The van der Waals surface area contributed by atoms with Crippen LogP contribution in [0.3, 0.4) is 0 Å². The second kappa shape index (κ2) is 7.16. The average Bonchev–Trinajstić information content (AvgIpc) is 3.26. The van der Waals surface area contributed by atoms with Crippen LogP contribution < -0.4 is 5.56 Å². The van der Waals surface area contributed by atoms with Crippen LogP contribution in [0.4, 0.5) is 0 Å². The Morgan fingerprint density at radius 1 is 1.04 bits per heavy atom. The molecule has 2 aromatic rings. The van der Waals surface area contributed by atoms with E-state index in [4.69, 9.17) is 4.42 Å². The van der Waals surface area contributed by atoms with Crippen molar-refractivity contribution < 1.29 is 4.42 Å². The second-order valence-electron chi connectivity index (χ2n) is 7.96. The molecule has 0 atom stereocenters. The van der Waals surface area contributed by atoms with Gasteiger partial charge in [-0.15, -0.1) is 10.2 Å². The van der Waals surface area contributed by atoms with Gasteiger partial charge in [-0.25, -0.2) is 4.68 Å². The lowest BCUT2D eigenvalue weighted by molar-refractivity contribution is 0.115. The highest BCUT2D eigenvalue weighted by Gasteiger charge is 2.29. The third-order valence-corrected chi connectivity index (χ3v) is 5.88. The van der Waals surface area contributed by atoms with E-state index >= 15 is 0 Å². The first-order valence-electron chi connectivity index (χ1n) is 10.1. The zero-order chi connectivity index (χ0) is 18.2. The summed E-state index contributed by atoms with van der Waals surface area (Å²) in [6.07, 6.45) is 5.50. The molecule has 2 aliphatic carbocycles. The van der Waals surface area contributed by atoms with Crippen molar-refractivity contribution in [3.63, 3.8) is 0 Å². The fraction of sp³-hybridized carbons (Fsp3) is 0.684. The highest BCUT2D eigenvalue weighted by molar-refractivity contribution is 5.22. The van der Waals surface area contributed by atoms with Crippen molar-refractivity contribution in [2.24, 2.45) is 0 Å². The van der Waals surface area contributed by atoms with E-state index in [0.717, 1.165) is 81.6 Å².